The maximum absolute atomic E-state index is 12.7. The molecular weight excluding hydrogens is 300 g/mol. The summed E-state index contributed by atoms with van der Waals surface area (Å²) in [5.41, 5.74) is 2.99. The molecule has 0 saturated carbocycles. The zero-order valence-corrected chi connectivity index (χ0v) is 14.5. The van der Waals surface area contributed by atoms with Gasteiger partial charge in [-0.3, -0.25) is 4.79 Å². The normalized spacial score (nSPS) is 15.5. The van der Waals surface area contributed by atoms with Gasteiger partial charge in [-0.25, -0.2) is 4.98 Å². The van der Waals surface area contributed by atoms with Crippen molar-refractivity contribution in [1.29, 1.82) is 0 Å². The fourth-order valence-electron chi connectivity index (χ4n) is 3.25. The lowest BCUT2D eigenvalue weighted by Gasteiger charge is -2.22. The highest BCUT2D eigenvalue weighted by Gasteiger charge is 2.19. The van der Waals surface area contributed by atoms with Crippen molar-refractivity contribution in [2.24, 2.45) is 5.92 Å². The maximum atomic E-state index is 12.7. The van der Waals surface area contributed by atoms with Crippen LogP contribution in [0, 0.1) is 12.8 Å². The third-order valence-electron chi connectivity index (χ3n) is 4.54. The number of nitrogens with one attached hydrogen (secondary N) is 1. The zero-order chi connectivity index (χ0) is 16.9. The molecule has 128 valence electrons. The second kappa shape index (κ2) is 7.51. The third kappa shape index (κ3) is 3.96. The minimum absolute atomic E-state index is 0.0260. The number of imidazole rings is 1. The molecule has 0 aliphatic carbocycles. The van der Waals surface area contributed by atoms with Crippen molar-refractivity contribution in [2.75, 3.05) is 24.5 Å². The van der Waals surface area contributed by atoms with Gasteiger partial charge in [0.05, 0.1) is 11.9 Å². The Labute approximate surface area is 143 Å². The fraction of sp³-hybridized carbons (Fsp3) is 0.474. The number of benzene rings is 1. The Balaban J connectivity index is 1.64. The molecule has 1 aliphatic heterocycles. The van der Waals surface area contributed by atoms with Crippen LogP contribution in [0.1, 0.15) is 35.7 Å². The topological polar surface area (TPSA) is 50.2 Å². The van der Waals surface area contributed by atoms with E-state index < -0.39 is 0 Å². The average Bonchev–Trinajstić information content (AvgIpc) is 3.26. The Hall–Kier alpha value is -2.30. The summed E-state index contributed by atoms with van der Waals surface area (Å²) in [5.74, 6) is 0.376. The number of aromatic nitrogens is 2. The van der Waals surface area contributed by atoms with Crippen molar-refractivity contribution in [2.45, 2.75) is 33.2 Å². The van der Waals surface area contributed by atoms with E-state index in [2.05, 4.69) is 34.3 Å². The standard InChI is InChI=1S/C19H26N4O/c1-15-5-6-18(23-8-3-4-9-23)17(11-15)19(24)21-12-16(2)13-22-10-7-20-14-22/h5-7,10-11,14,16H,3-4,8-9,12-13H2,1-2H3,(H,21,24). The molecule has 1 atom stereocenters. The molecule has 1 aliphatic rings. The van der Waals surface area contributed by atoms with E-state index in [4.69, 9.17) is 0 Å². The monoisotopic (exact) mass is 326 g/mol. The summed E-state index contributed by atoms with van der Waals surface area (Å²) in [6, 6.07) is 6.18. The fourth-order valence-corrected chi connectivity index (χ4v) is 3.25. The molecule has 24 heavy (non-hydrogen) atoms. The van der Waals surface area contributed by atoms with Gasteiger partial charge in [0.25, 0.3) is 5.91 Å². The number of aryl methyl sites for hydroxylation is 1. The van der Waals surface area contributed by atoms with Gasteiger partial charge in [0.1, 0.15) is 0 Å². The molecule has 1 N–H and O–H groups in total. The first kappa shape index (κ1) is 16.6. The minimum atomic E-state index is 0.0260. The van der Waals surface area contributed by atoms with Crippen molar-refractivity contribution >= 4 is 11.6 Å². The molecule has 5 nitrogen and oxygen atoms in total. The molecule has 2 heterocycles. The summed E-state index contributed by atoms with van der Waals surface area (Å²) in [5, 5.41) is 3.10. The van der Waals surface area contributed by atoms with Gasteiger partial charge in [-0.05, 0) is 37.8 Å². The van der Waals surface area contributed by atoms with Gasteiger partial charge in [0, 0.05) is 44.3 Å². The van der Waals surface area contributed by atoms with Crippen molar-refractivity contribution in [3.05, 3.63) is 48.0 Å². The Morgan fingerprint density at radius 2 is 2.12 bits per heavy atom. The van der Waals surface area contributed by atoms with Crippen LogP contribution < -0.4 is 10.2 Å². The molecule has 0 radical (unpaired) electrons. The van der Waals surface area contributed by atoms with Crippen LogP contribution in [-0.2, 0) is 6.54 Å². The Morgan fingerprint density at radius 3 is 2.83 bits per heavy atom. The molecular formula is C19H26N4O. The summed E-state index contributed by atoms with van der Waals surface area (Å²) in [7, 11) is 0. The molecule has 0 spiro atoms. The molecule has 1 fully saturated rings. The highest BCUT2D eigenvalue weighted by atomic mass is 16.1. The van der Waals surface area contributed by atoms with Crippen LogP contribution in [0.5, 0.6) is 0 Å². The summed E-state index contributed by atoms with van der Waals surface area (Å²) in [4.78, 5) is 19.1. The number of hydrogen-bond donors (Lipinski definition) is 1. The van der Waals surface area contributed by atoms with E-state index in [1.807, 2.05) is 30.1 Å². The Kier molecular flexibility index (Phi) is 5.18. The van der Waals surface area contributed by atoms with Crippen LogP contribution in [0.15, 0.2) is 36.9 Å². The van der Waals surface area contributed by atoms with Gasteiger partial charge in [-0.1, -0.05) is 18.6 Å². The summed E-state index contributed by atoms with van der Waals surface area (Å²) in [6.07, 6.45) is 7.95. The van der Waals surface area contributed by atoms with E-state index in [0.29, 0.717) is 12.5 Å². The molecule has 3 rings (SSSR count). The van der Waals surface area contributed by atoms with E-state index in [1.54, 1.807) is 6.20 Å². The highest BCUT2D eigenvalue weighted by Crippen LogP contribution is 2.25. The van der Waals surface area contributed by atoms with Crippen molar-refractivity contribution in [3.8, 4) is 0 Å². The van der Waals surface area contributed by atoms with E-state index >= 15 is 0 Å². The van der Waals surface area contributed by atoms with Gasteiger partial charge in [-0.15, -0.1) is 0 Å². The van der Waals surface area contributed by atoms with E-state index in [0.717, 1.165) is 36.4 Å². The Bertz CT molecular complexity index is 675. The largest absolute Gasteiger partial charge is 0.371 e. The van der Waals surface area contributed by atoms with Crippen molar-refractivity contribution < 1.29 is 4.79 Å². The third-order valence-corrected chi connectivity index (χ3v) is 4.54. The number of amides is 1. The van der Waals surface area contributed by atoms with Crippen LogP contribution in [0.3, 0.4) is 0 Å². The lowest BCUT2D eigenvalue weighted by atomic mass is 10.1. The predicted octanol–water partition coefficient (Wildman–Crippen LogP) is 2.86. The van der Waals surface area contributed by atoms with Crippen molar-refractivity contribution in [1.82, 2.24) is 14.9 Å². The van der Waals surface area contributed by atoms with E-state index in [-0.39, 0.29) is 5.91 Å². The summed E-state index contributed by atoms with van der Waals surface area (Å²) >= 11 is 0. The van der Waals surface area contributed by atoms with Crippen LogP contribution >= 0.6 is 0 Å². The lowest BCUT2D eigenvalue weighted by Crippen LogP contribution is -2.31. The minimum Gasteiger partial charge on any atom is -0.371 e. The second-order valence-corrected chi connectivity index (χ2v) is 6.79. The Morgan fingerprint density at radius 1 is 1.33 bits per heavy atom. The van der Waals surface area contributed by atoms with Gasteiger partial charge >= 0.3 is 0 Å². The zero-order valence-electron chi connectivity index (χ0n) is 14.5. The van der Waals surface area contributed by atoms with Crippen LogP contribution in [0.25, 0.3) is 0 Å². The van der Waals surface area contributed by atoms with Crippen LogP contribution in [-0.4, -0.2) is 35.1 Å². The average molecular weight is 326 g/mol. The van der Waals surface area contributed by atoms with E-state index in [9.17, 15) is 4.79 Å². The molecule has 1 aromatic carbocycles. The number of hydrogen-bond acceptors (Lipinski definition) is 3. The highest BCUT2D eigenvalue weighted by molar-refractivity contribution is 6.00. The first-order valence-corrected chi connectivity index (χ1v) is 8.73. The molecule has 2 aromatic rings. The number of anilines is 1. The molecule has 1 aromatic heterocycles. The number of rotatable bonds is 6. The first-order chi connectivity index (χ1) is 11.6. The molecule has 5 heteroatoms. The quantitative estimate of drug-likeness (QED) is 0.888. The van der Waals surface area contributed by atoms with Gasteiger partial charge in [-0.2, -0.15) is 0 Å². The summed E-state index contributed by atoms with van der Waals surface area (Å²) in [6.45, 7) is 7.77. The van der Waals surface area contributed by atoms with Crippen LogP contribution in [0.2, 0.25) is 0 Å². The molecule has 1 amide bonds. The number of carbonyl (C=O) groups excluding carboxylic acids is 1. The molecule has 1 unspecified atom stereocenters. The van der Waals surface area contributed by atoms with E-state index in [1.165, 1.54) is 12.8 Å². The molecule has 1 saturated heterocycles. The number of nitrogens with zero attached hydrogens (tertiary/aromatic N) is 3. The molecule has 0 bridgehead atoms. The maximum Gasteiger partial charge on any atom is 0.253 e. The number of carbonyl (C=O) groups is 1. The van der Waals surface area contributed by atoms with Crippen LogP contribution in [0.4, 0.5) is 5.69 Å². The SMILES string of the molecule is Cc1ccc(N2CCCC2)c(C(=O)NCC(C)Cn2ccnc2)c1. The van der Waals surface area contributed by atoms with Crippen molar-refractivity contribution in [3.63, 3.8) is 0 Å². The smallest absolute Gasteiger partial charge is 0.253 e. The van der Waals surface area contributed by atoms with Gasteiger partial charge < -0.3 is 14.8 Å². The van der Waals surface area contributed by atoms with Gasteiger partial charge in [0.15, 0.2) is 0 Å². The lowest BCUT2D eigenvalue weighted by molar-refractivity contribution is 0.0947. The summed E-state index contributed by atoms with van der Waals surface area (Å²) < 4.78 is 2.04. The van der Waals surface area contributed by atoms with Gasteiger partial charge in [0.2, 0.25) is 0 Å². The second-order valence-electron chi connectivity index (χ2n) is 6.79. The first-order valence-electron chi connectivity index (χ1n) is 8.73. The predicted molar refractivity (Wildman–Crippen MR) is 96.4 cm³/mol.